The highest BCUT2D eigenvalue weighted by atomic mass is 35.5. The zero-order valence-electron chi connectivity index (χ0n) is 21.2. The second-order valence-corrected chi connectivity index (χ2v) is 8.77. The summed E-state index contributed by atoms with van der Waals surface area (Å²) in [5, 5.41) is 21.9. The van der Waals surface area contributed by atoms with Crippen LogP contribution in [0, 0.1) is 32.1 Å². The Morgan fingerprint density at radius 3 is 1.45 bits per heavy atom. The van der Waals surface area contributed by atoms with Crippen LogP contribution in [0.25, 0.3) is 0 Å². The van der Waals surface area contributed by atoms with Crippen molar-refractivity contribution in [3.05, 3.63) is 65.7 Å². The molecule has 14 nitrogen and oxygen atoms in total. The number of ether oxygens (including phenoxy) is 4. The van der Waals surface area contributed by atoms with Gasteiger partial charge in [-0.2, -0.15) is 0 Å². The fourth-order valence-corrected chi connectivity index (χ4v) is 3.50. The largest absolute Gasteiger partial charge is 0.490 e. The maximum absolute atomic E-state index is 11.8. The first kappa shape index (κ1) is 32.1. The number of nitro groups is 2. The van der Waals surface area contributed by atoms with Gasteiger partial charge in [-0.15, -0.1) is 11.8 Å². The molecule has 0 spiro atoms. The molecule has 0 radical (unpaired) electrons. The predicted octanol–water partition coefficient (Wildman–Crippen LogP) is 3.28. The number of rotatable bonds is 12. The molecule has 2 aromatic rings. The summed E-state index contributed by atoms with van der Waals surface area (Å²) in [5.74, 6) is 3.79. The minimum absolute atomic E-state index is 0.117. The highest BCUT2D eigenvalue weighted by molar-refractivity contribution is 6.34. The van der Waals surface area contributed by atoms with E-state index in [0.717, 1.165) is 26.4 Å². The summed E-state index contributed by atoms with van der Waals surface area (Å²) in [7, 11) is 2.25. The molecule has 2 unspecified atom stereocenters. The van der Waals surface area contributed by atoms with Crippen LogP contribution < -0.4 is 20.9 Å². The maximum Gasteiger partial charge on any atom is 0.338 e. The van der Waals surface area contributed by atoms with Gasteiger partial charge in [0.25, 0.3) is 11.4 Å². The lowest BCUT2D eigenvalue weighted by molar-refractivity contribution is -0.384. The number of esters is 2. The van der Waals surface area contributed by atoms with Crippen LogP contribution in [0.5, 0.6) is 11.5 Å². The van der Waals surface area contributed by atoms with Gasteiger partial charge in [-0.3, -0.25) is 20.2 Å². The van der Waals surface area contributed by atoms with Gasteiger partial charge in [0, 0.05) is 37.1 Å². The third-order valence-corrected chi connectivity index (χ3v) is 5.79. The number of benzene rings is 2. The fraction of sp³-hybridized carbons (Fsp3) is 0.333. The Morgan fingerprint density at radius 2 is 1.15 bits per heavy atom. The van der Waals surface area contributed by atoms with E-state index in [9.17, 15) is 29.8 Å². The van der Waals surface area contributed by atoms with Crippen molar-refractivity contribution in [1.82, 2.24) is 0 Å². The number of nitrogens with two attached hydrogens (primary N) is 2. The monoisotopic (exact) mass is 598 g/mol. The van der Waals surface area contributed by atoms with E-state index in [1.807, 2.05) is 0 Å². The smallest absolute Gasteiger partial charge is 0.338 e. The summed E-state index contributed by atoms with van der Waals surface area (Å²) in [6, 6.07) is 3.12. The summed E-state index contributed by atoms with van der Waals surface area (Å²) < 4.78 is 20.1. The molecular formula is C24H24Cl2N4O10. The van der Waals surface area contributed by atoms with Crippen molar-refractivity contribution in [2.45, 2.75) is 24.9 Å². The molecule has 0 saturated heterocycles. The van der Waals surface area contributed by atoms with Crippen LogP contribution in [0.3, 0.4) is 0 Å². The quantitative estimate of drug-likeness (QED) is 0.156. The van der Waals surface area contributed by atoms with Crippen LogP contribution >= 0.6 is 23.2 Å². The van der Waals surface area contributed by atoms with Crippen molar-refractivity contribution in [2.75, 3.05) is 27.4 Å². The SMILES string of the molecule is COC(=O)c1cc(OCC(N)CC#CCC(N)COc2cc(C(=O)OC)cc([N+](=O)[O-])c2Cl)c(Cl)c([N+](=O)[O-])c1. The minimum atomic E-state index is -0.809. The van der Waals surface area contributed by atoms with Gasteiger partial charge in [0.15, 0.2) is 10.0 Å². The molecule has 16 heteroatoms. The van der Waals surface area contributed by atoms with Crippen molar-refractivity contribution >= 4 is 46.5 Å². The standard InChI is InChI=1S/C24H24Cl2N4O10/c1-37-23(31)13-7-17(29(33)34)21(25)19(9-13)39-11-15(27)5-3-4-6-16(28)12-40-20-10-14(24(32)38-2)8-18(22(20)26)30(35)36/h7-10,15-16H,5-6,11-12,27-28H2,1-2H3. The summed E-state index contributed by atoms with van der Waals surface area (Å²) in [4.78, 5) is 44.6. The molecular weight excluding hydrogens is 575 g/mol. The number of hydrogen-bond donors (Lipinski definition) is 2. The molecule has 40 heavy (non-hydrogen) atoms. The lowest BCUT2D eigenvalue weighted by Gasteiger charge is -2.13. The normalized spacial score (nSPS) is 11.8. The first-order valence-corrected chi connectivity index (χ1v) is 12.0. The maximum atomic E-state index is 11.8. The van der Waals surface area contributed by atoms with Crippen LogP contribution in [-0.2, 0) is 9.47 Å². The Kier molecular flexibility index (Phi) is 11.9. The van der Waals surface area contributed by atoms with Crippen molar-refractivity contribution in [2.24, 2.45) is 11.5 Å². The van der Waals surface area contributed by atoms with Crippen LogP contribution in [0.15, 0.2) is 24.3 Å². The number of methoxy groups -OCH3 is 2. The lowest BCUT2D eigenvalue weighted by Crippen LogP contribution is -2.28. The van der Waals surface area contributed by atoms with Gasteiger partial charge >= 0.3 is 11.9 Å². The van der Waals surface area contributed by atoms with Gasteiger partial charge in [-0.05, 0) is 12.1 Å². The Balaban J connectivity index is 1.95. The molecule has 0 amide bonds. The Hall–Kier alpha value is -4.16. The van der Waals surface area contributed by atoms with E-state index >= 15 is 0 Å². The predicted molar refractivity (Wildman–Crippen MR) is 143 cm³/mol. The second kappa shape index (κ2) is 14.8. The third kappa shape index (κ3) is 8.68. The number of carbonyl (C=O) groups excluding carboxylic acids is 2. The highest BCUT2D eigenvalue weighted by Gasteiger charge is 2.24. The molecule has 0 aliphatic heterocycles. The first-order chi connectivity index (χ1) is 18.9. The Bertz CT molecular complexity index is 1260. The van der Waals surface area contributed by atoms with Crippen LogP contribution in [0.1, 0.15) is 33.6 Å². The topological polar surface area (TPSA) is 209 Å². The van der Waals surface area contributed by atoms with E-state index in [0.29, 0.717) is 0 Å². The Morgan fingerprint density at radius 1 is 0.800 bits per heavy atom. The third-order valence-electron chi connectivity index (χ3n) is 5.03. The van der Waals surface area contributed by atoms with Crippen molar-refractivity contribution in [1.29, 1.82) is 0 Å². The van der Waals surface area contributed by atoms with E-state index < -0.39 is 45.2 Å². The summed E-state index contributed by atoms with van der Waals surface area (Å²) >= 11 is 12.1. The average molecular weight is 599 g/mol. The van der Waals surface area contributed by atoms with Gasteiger partial charge in [-0.1, -0.05) is 23.2 Å². The molecule has 0 fully saturated rings. The molecule has 2 aromatic carbocycles. The van der Waals surface area contributed by atoms with E-state index in [2.05, 4.69) is 21.3 Å². The Labute approximate surface area is 237 Å². The van der Waals surface area contributed by atoms with E-state index in [1.165, 1.54) is 12.1 Å². The van der Waals surface area contributed by atoms with E-state index in [4.69, 9.17) is 44.1 Å². The van der Waals surface area contributed by atoms with E-state index in [1.54, 1.807) is 0 Å². The summed E-state index contributed by atoms with van der Waals surface area (Å²) in [6.07, 6.45) is 0.312. The molecule has 0 aliphatic rings. The number of halogens is 2. The van der Waals surface area contributed by atoms with Gasteiger partial charge < -0.3 is 30.4 Å². The van der Waals surface area contributed by atoms with Gasteiger partial charge in [0.05, 0.1) is 35.2 Å². The summed E-state index contributed by atoms with van der Waals surface area (Å²) in [5.41, 5.74) is 10.7. The second-order valence-electron chi connectivity index (χ2n) is 8.02. The van der Waals surface area contributed by atoms with Gasteiger partial charge in [0.1, 0.15) is 24.7 Å². The number of nitrogens with zero attached hydrogens (tertiary/aromatic N) is 2. The number of hydrogen-bond acceptors (Lipinski definition) is 12. The van der Waals surface area contributed by atoms with Crippen molar-refractivity contribution in [3.8, 4) is 23.3 Å². The van der Waals surface area contributed by atoms with Gasteiger partial charge in [-0.25, -0.2) is 9.59 Å². The molecule has 0 saturated carbocycles. The molecule has 214 valence electrons. The number of nitro benzene ring substituents is 2. The van der Waals surface area contributed by atoms with E-state index in [-0.39, 0.29) is 58.7 Å². The summed E-state index contributed by atoms with van der Waals surface area (Å²) in [6.45, 7) is -0.252. The zero-order chi connectivity index (χ0) is 30.0. The number of carbonyl (C=O) groups is 2. The first-order valence-electron chi connectivity index (χ1n) is 11.2. The fourth-order valence-electron chi connectivity index (χ4n) is 3.03. The average Bonchev–Trinajstić information content (AvgIpc) is 2.92. The van der Waals surface area contributed by atoms with Crippen molar-refractivity contribution in [3.63, 3.8) is 0 Å². The van der Waals surface area contributed by atoms with Crippen LogP contribution in [0.2, 0.25) is 10.0 Å². The lowest BCUT2D eigenvalue weighted by atomic mass is 10.1. The molecule has 0 heterocycles. The molecule has 0 aromatic heterocycles. The molecule has 2 atom stereocenters. The zero-order valence-corrected chi connectivity index (χ0v) is 22.7. The van der Waals surface area contributed by atoms with Crippen LogP contribution in [-0.4, -0.2) is 61.3 Å². The van der Waals surface area contributed by atoms with Crippen LogP contribution in [0.4, 0.5) is 11.4 Å². The highest BCUT2D eigenvalue weighted by Crippen LogP contribution is 2.36. The van der Waals surface area contributed by atoms with Gasteiger partial charge in [0.2, 0.25) is 0 Å². The molecule has 0 aliphatic carbocycles. The van der Waals surface area contributed by atoms with Crippen molar-refractivity contribution < 1.29 is 38.4 Å². The molecule has 4 N–H and O–H groups in total. The molecule has 2 rings (SSSR count). The minimum Gasteiger partial charge on any atom is -0.490 e. The molecule has 0 bridgehead atoms.